The molecule has 0 saturated carbocycles. The molecule has 0 radical (unpaired) electrons. The van der Waals surface area contributed by atoms with Crippen LogP contribution in [0.3, 0.4) is 0 Å². The van der Waals surface area contributed by atoms with E-state index in [0.29, 0.717) is 0 Å². The van der Waals surface area contributed by atoms with Crippen LogP contribution in [0.5, 0.6) is 0 Å². The van der Waals surface area contributed by atoms with Crippen molar-refractivity contribution in [1.29, 1.82) is 0 Å². The summed E-state index contributed by atoms with van der Waals surface area (Å²) >= 11 is 5.98. The number of rotatable bonds is 3. The smallest absolute Gasteiger partial charge is 0.240 e. The lowest BCUT2D eigenvalue weighted by Crippen LogP contribution is -2.24. The second-order valence-electron chi connectivity index (χ2n) is 2.78. The first-order valence-electron chi connectivity index (χ1n) is 3.87. The summed E-state index contributed by atoms with van der Waals surface area (Å²) in [5, 5.41) is 0.252. The van der Waals surface area contributed by atoms with Gasteiger partial charge in [0.1, 0.15) is 18.9 Å². The molecule has 0 amide bonds. The Labute approximate surface area is 72.4 Å². The van der Waals surface area contributed by atoms with Gasteiger partial charge in [0, 0.05) is 0 Å². The van der Waals surface area contributed by atoms with Gasteiger partial charge in [-0.1, -0.05) is 6.92 Å². The summed E-state index contributed by atoms with van der Waals surface area (Å²) in [4.78, 5) is 0. The van der Waals surface area contributed by atoms with Gasteiger partial charge < -0.3 is 0 Å². The molecule has 62 valence electrons. The minimum absolute atomic E-state index is 0.252. The monoisotopic (exact) mass is 173 g/mol. The maximum Gasteiger partial charge on any atom is 0.243 e. The Hall–Kier alpha value is -0.500. The molecule has 0 spiro atoms. The van der Waals surface area contributed by atoms with Crippen LogP contribution in [0.1, 0.15) is 13.3 Å². The van der Waals surface area contributed by atoms with E-state index in [1.165, 1.54) is 0 Å². The van der Waals surface area contributed by atoms with Crippen molar-refractivity contribution in [2.75, 3.05) is 0 Å². The van der Waals surface area contributed by atoms with Gasteiger partial charge in [-0.05, 0) is 6.42 Å². The molecule has 0 aromatic carbocycles. The Kier molecular flexibility index (Phi) is 2.94. The fourth-order valence-corrected chi connectivity index (χ4v) is 1.13. The van der Waals surface area contributed by atoms with Gasteiger partial charge in [0.05, 0.1) is 12.4 Å². The van der Waals surface area contributed by atoms with E-state index in [2.05, 4.69) is 11.5 Å². The van der Waals surface area contributed by atoms with E-state index in [1.807, 2.05) is 30.3 Å². The van der Waals surface area contributed by atoms with Crippen molar-refractivity contribution in [3.05, 3.63) is 18.7 Å². The van der Waals surface area contributed by atoms with E-state index in [9.17, 15) is 0 Å². The highest BCUT2D eigenvalue weighted by atomic mass is 35.5. The highest BCUT2D eigenvalue weighted by Crippen LogP contribution is 2.03. The Bertz CT molecular complexity index is 220. The summed E-state index contributed by atoms with van der Waals surface area (Å²) in [6.07, 6.45) is 7.10. The first kappa shape index (κ1) is 8.60. The largest absolute Gasteiger partial charge is 0.243 e. The van der Waals surface area contributed by atoms with Crippen LogP contribution in [0.15, 0.2) is 18.7 Å². The molecule has 0 bridgehead atoms. The molecule has 11 heavy (non-hydrogen) atoms. The Morgan fingerprint density at radius 3 is 2.82 bits per heavy atom. The highest BCUT2D eigenvalue weighted by Gasteiger charge is 2.06. The molecule has 2 nitrogen and oxygen atoms in total. The predicted molar refractivity (Wildman–Crippen MR) is 45.5 cm³/mol. The van der Waals surface area contributed by atoms with Gasteiger partial charge in [0.25, 0.3) is 0 Å². The van der Waals surface area contributed by atoms with Crippen molar-refractivity contribution in [2.24, 2.45) is 7.05 Å². The van der Waals surface area contributed by atoms with Crippen LogP contribution in [-0.4, -0.2) is 9.94 Å². The number of nitrogens with zero attached hydrogens (tertiary/aromatic N) is 2. The zero-order valence-corrected chi connectivity index (χ0v) is 7.75. The topological polar surface area (TPSA) is 8.81 Å². The normalized spacial score (nSPS) is 13.4. The second-order valence-corrected chi connectivity index (χ2v) is 3.40. The molecule has 0 N–H and O–H groups in total. The zero-order chi connectivity index (χ0) is 8.27. The summed E-state index contributed by atoms with van der Waals surface area (Å²) in [6.45, 7) is 3.00. The standard InChI is InChI=1S/C8H14ClN2/c1-3-8(9)6-11-5-4-10(2)7-11/h4-5,7-8H,3,6H2,1-2H3/q+1. The molecule has 0 aliphatic carbocycles. The van der Waals surface area contributed by atoms with E-state index in [1.54, 1.807) is 0 Å². The van der Waals surface area contributed by atoms with Gasteiger partial charge in [0.2, 0.25) is 6.33 Å². The minimum Gasteiger partial charge on any atom is -0.240 e. The van der Waals surface area contributed by atoms with Gasteiger partial charge in [-0.15, -0.1) is 11.6 Å². The van der Waals surface area contributed by atoms with Crippen molar-refractivity contribution in [1.82, 2.24) is 4.57 Å². The lowest BCUT2D eigenvalue weighted by molar-refractivity contribution is -0.671. The van der Waals surface area contributed by atoms with Crippen LogP contribution in [0.2, 0.25) is 0 Å². The molecule has 1 aromatic heterocycles. The van der Waals surface area contributed by atoms with Crippen LogP contribution >= 0.6 is 11.6 Å². The van der Waals surface area contributed by atoms with Gasteiger partial charge in [-0.3, -0.25) is 0 Å². The van der Waals surface area contributed by atoms with E-state index in [0.717, 1.165) is 13.0 Å². The van der Waals surface area contributed by atoms with Gasteiger partial charge >= 0.3 is 0 Å². The number of imidazole rings is 1. The van der Waals surface area contributed by atoms with Crippen LogP contribution < -0.4 is 4.57 Å². The first-order valence-corrected chi connectivity index (χ1v) is 4.31. The van der Waals surface area contributed by atoms with E-state index in [-0.39, 0.29) is 5.38 Å². The summed E-state index contributed by atoms with van der Waals surface area (Å²) in [7, 11) is 2.01. The average Bonchev–Trinajstić information content (AvgIpc) is 2.35. The van der Waals surface area contributed by atoms with Gasteiger partial charge in [-0.25, -0.2) is 9.13 Å². The molecule has 0 aliphatic rings. The zero-order valence-electron chi connectivity index (χ0n) is 7.00. The van der Waals surface area contributed by atoms with Crippen molar-refractivity contribution >= 4 is 11.6 Å². The van der Waals surface area contributed by atoms with Crippen molar-refractivity contribution in [3.8, 4) is 0 Å². The van der Waals surface area contributed by atoms with Crippen LogP contribution in [0.25, 0.3) is 0 Å². The summed E-state index contributed by atoms with van der Waals surface area (Å²) in [6, 6.07) is 0. The number of hydrogen-bond donors (Lipinski definition) is 0. The third kappa shape index (κ3) is 2.54. The molecule has 1 atom stereocenters. The molecule has 1 aromatic rings. The van der Waals surface area contributed by atoms with Crippen molar-refractivity contribution in [2.45, 2.75) is 25.3 Å². The number of halogens is 1. The van der Waals surface area contributed by atoms with E-state index >= 15 is 0 Å². The molecule has 1 rings (SSSR count). The number of aryl methyl sites for hydroxylation is 1. The quantitative estimate of drug-likeness (QED) is 0.482. The SMILES string of the molecule is CCC(Cl)Cn1cc[n+](C)c1. The van der Waals surface area contributed by atoms with Crippen LogP contribution in [-0.2, 0) is 13.6 Å². The number of alkyl halides is 1. The van der Waals surface area contributed by atoms with Gasteiger partial charge in [0.15, 0.2) is 0 Å². The minimum atomic E-state index is 0.252. The van der Waals surface area contributed by atoms with Crippen molar-refractivity contribution in [3.63, 3.8) is 0 Å². The van der Waals surface area contributed by atoms with E-state index < -0.39 is 0 Å². The molecule has 0 saturated heterocycles. The Balaban J connectivity index is 2.50. The third-order valence-electron chi connectivity index (χ3n) is 1.68. The Morgan fingerprint density at radius 1 is 1.64 bits per heavy atom. The fraction of sp³-hybridized carbons (Fsp3) is 0.625. The maximum absolute atomic E-state index is 5.98. The van der Waals surface area contributed by atoms with Gasteiger partial charge in [-0.2, -0.15) is 0 Å². The fourth-order valence-electron chi connectivity index (χ4n) is 0.968. The average molecular weight is 174 g/mol. The Morgan fingerprint density at radius 2 is 2.36 bits per heavy atom. The summed E-state index contributed by atoms with van der Waals surface area (Å²) in [5.41, 5.74) is 0. The molecular formula is C8H14ClN2+. The molecule has 0 fully saturated rings. The molecular weight excluding hydrogens is 160 g/mol. The summed E-state index contributed by atoms with van der Waals surface area (Å²) < 4.78 is 4.11. The van der Waals surface area contributed by atoms with Crippen molar-refractivity contribution < 1.29 is 4.57 Å². The van der Waals surface area contributed by atoms with Crippen LogP contribution in [0.4, 0.5) is 0 Å². The summed E-state index contributed by atoms with van der Waals surface area (Å²) in [5.74, 6) is 0. The molecule has 1 unspecified atom stereocenters. The molecule has 3 heteroatoms. The second kappa shape index (κ2) is 3.77. The lowest BCUT2D eigenvalue weighted by Gasteiger charge is -2.00. The molecule has 0 aliphatic heterocycles. The highest BCUT2D eigenvalue weighted by molar-refractivity contribution is 6.20. The third-order valence-corrected chi connectivity index (χ3v) is 2.12. The van der Waals surface area contributed by atoms with E-state index in [4.69, 9.17) is 11.6 Å². The lowest BCUT2D eigenvalue weighted by atomic mass is 10.3. The molecule has 1 heterocycles. The number of hydrogen-bond acceptors (Lipinski definition) is 0. The maximum atomic E-state index is 5.98. The van der Waals surface area contributed by atoms with Crippen LogP contribution in [0, 0.1) is 0 Å². The number of aromatic nitrogens is 2. The first-order chi connectivity index (χ1) is 5.22. The predicted octanol–water partition coefficient (Wildman–Crippen LogP) is 1.33.